The van der Waals surface area contributed by atoms with E-state index in [1.165, 1.54) is 0 Å². The summed E-state index contributed by atoms with van der Waals surface area (Å²) in [6.45, 7) is 0. The third kappa shape index (κ3) is 3.02. The molecule has 5 rings (SSSR count). The maximum absolute atomic E-state index is 12.3. The topological polar surface area (TPSA) is 90.0 Å². The Morgan fingerprint density at radius 1 is 1.18 bits per heavy atom. The molecule has 144 valence electrons. The molecule has 0 saturated heterocycles. The van der Waals surface area contributed by atoms with Crippen molar-refractivity contribution in [2.45, 2.75) is 24.5 Å². The number of amides is 2. The summed E-state index contributed by atoms with van der Waals surface area (Å²) in [5, 5.41) is 26.1. The first-order valence-electron chi connectivity index (χ1n) is 9.11. The van der Waals surface area contributed by atoms with Gasteiger partial charge in [-0.25, -0.2) is 4.79 Å². The first-order chi connectivity index (χ1) is 13.4. The number of anilines is 1. The molecule has 2 aromatic carbocycles. The lowest BCUT2D eigenvalue weighted by Gasteiger charge is -2.27. The normalized spacial score (nSPS) is 28.2. The van der Waals surface area contributed by atoms with Gasteiger partial charge >= 0.3 is 6.03 Å². The van der Waals surface area contributed by atoms with Crippen LogP contribution in [-0.4, -0.2) is 27.4 Å². The molecule has 8 heteroatoms. The van der Waals surface area contributed by atoms with Crippen LogP contribution in [0.15, 0.2) is 42.6 Å². The number of H-pyrrole nitrogens is 1. The van der Waals surface area contributed by atoms with Gasteiger partial charge in [0.1, 0.15) is 0 Å². The summed E-state index contributed by atoms with van der Waals surface area (Å²) in [4.78, 5) is 12.3. The average Bonchev–Trinajstić information content (AvgIpc) is 3.01. The van der Waals surface area contributed by atoms with Crippen molar-refractivity contribution < 1.29 is 9.90 Å². The molecule has 0 aliphatic heterocycles. The molecule has 2 fully saturated rings. The van der Waals surface area contributed by atoms with Crippen molar-refractivity contribution in [3.8, 4) is 0 Å². The van der Waals surface area contributed by atoms with E-state index in [-0.39, 0.29) is 23.9 Å². The molecular formula is C20H18Cl2N4O2. The summed E-state index contributed by atoms with van der Waals surface area (Å²) in [5.74, 6) is 0.493. The fraction of sp³-hybridized carbons (Fsp3) is 0.300. The van der Waals surface area contributed by atoms with Gasteiger partial charge in [0.15, 0.2) is 0 Å². The van der Waals surface area contributed by atoms with Crippen molar-refractivity contribution in [1.82, 2.24) is 15.5 Å². The number of benzene rings is 2. The number of nitrogens with one attached hydrogen (secondary N) is 3. The van der Waals surface area contributed by atoms with Crippen LogP contribution in [0.3, 0.4) is 0 Å². The standard InChI is InChI=1S/C20H18Cl2N4O2/c21-10-2-1-3-12(4-10)24-19(27)25-18-13-7-20(28,8-14(13)18)16-5-11(22)6-17-15(16)9-23-26-17/h1-6,9,13-14,18,28H,7-8H2,(H,23,26)(H2,24,25,27). The molecule has 2 saturated carbocycles. The molecule has 2 aliphatic carbocycles. The minimum Gasteiger partial charge on any atom is -0.385 e. The van der Waals surface area contributed by atoms with Crippen LogP contribution >= 0.6 is 23.2 Å². The van der Waals surface area contributed by atoms with Crippen LogP contribution in [0.1, 0.15) is 18.4 Å². The van der Waals surface area contributed by atoms with Gasteiger partial charge in [0.2, 0.25) is 0 Å². The van der Waals surface area contributed by atoms with E-state index in [9.17, 15) is 9.90 Å². The molecule has 2 atom stereocenters. The number of aromatic amines is 1. The van der Waals surface area contributed by atoms with Crippen molar-refractivity contribution in [3.05, 3.63) is 58.2 Å². The van der Waals surface area contributed by atoms with Gasteiger partial charge in [0.25, 0.3) is 0 Å². The van der Waals surface area contributed by atoms with Gasteiger partial charge in [-0.05, 0) is 60.6 Å². The fourth-order valence-electron chi connectivity index (χ4n) is 4.58. The van der Waals surface area contributed by atoms with Gasteiger partial charge < -0.3 is 15.7 Å². The molecular weight excluding hydrogens is 399 g/mol. The van der Waals surface area contributed by atoms with Crippen molar-refractivity contribution in [2.24, 2.45) is 11.8 Å². The number of urea groups is 1. The van der Waals surface area contributed by atoms with Crippen molar-refractivity contribution in [2.75, 3.05) is 5.32 Å². The van der Waals surface area contributed by atoms with Crippen molar-refractivity contribution in [1.29, 1.82) is 0 Å². The maximum atomic E-state index is 12.3. The minimum atomic E-state index is -0.954. The van der Waals surface area contributed by atoms with E-state index in [0.29, 0.717) is 28.6 Å². The number of fused-ring (bicyclic) bond motifs is 2. The van der Waals surface area contributed by atoms with Crippen LogP contribution in [0.4, 0.5) is 10.5 Å². The lowest BCUT2D eigenvalue weighted by Crippen LogP contribution is -2.36. The summed E-state index contributed by atoms with van der Waals surface area (Å²) >= 11 is 12.2. The molecule has 2 amide bonds. The second kappa shape index (κ2) is 6.37. The zero-order valence-corrected chi connectivity index (χ0v) is 16.3. The van der Waals surface area contributed by atoms with E-state index < -0.39 is 5.60 Å². The summed E-state index contributed by atoms with van der Waals surface area (Å²) in [5.41, 5.74) is 1.31. The van der Waals surface area contributed by atoms with Crippen LogP contribution in [0.2, 0.25) is 10.0 Å². The minimum absolute atomic E-state index is 0.0680. The second-order valence-corrected chi connectivity index (χ2v) is 8.56. The Bertz CT molecular complexity index is 1070. The van der Waals surface area contributed by atoms with Crippen LogP contribution in [0, 0.1) is 11.8 Å². The predicted molar refractivity (Wildman–Crippen MR) is 109 cm³/mol. The smallest absolute Gasteiger partial charge is 0.319 e. The van der Waals surface area contributed by atoms with Crippen molar-refractivity contribution in [3.63, 3.8) is 0 Å². The highest BCUT2D eigenvalue weighted by molar-refractivity contribution is 6.31. The summed E-state index contributed by atoms with van der Waals surface area (Å²) in [7, 11) is 0. The highest BCUT2D eigenvalue weighted by atomic mass is 35.5. The molecule has 2 unspecified atom stereocenters. The summed E-state index contributed by atoms with van der Waals surface area (Å²) in [6, 6.07) is 10.4. The van der Waals surface area contributed by atoms with Gasteiger partial charge in [0, 0.05) is 27.2 Å². The number of nitrogens with zero attached hydrogens (tertiary/aromatic N) is 1. The number of aromatic nitrogens is 2. The Morgan fingerprint density at radius 3 is 2.71 bits per heavy atom. The maximum Gasteiger partial charge on any atom is 0.319 e. The van der Waals surface area contributed by atoms with E-state index >= 15 is 0 Å². The first-order valence-corrected chi connectivity index (χ1v) is 9.87. The Morgan fingerprint density at radius 2 is 1.96 bits per heavy atom. The number of aliphatic hydroxyl groups is 1. The molecule has 6 nitrogen and oxygen atoms in total. The number of hydrogen-bond acceptors (Lipinski definition) is 3. The van der Waals surface area contributed by atoms with Crippen LogP contribution in [-0.2, 0) is 5.60 Å². The summed E-state index contributed by atoms with van der Waals surface area (Å²) < 4.78 is 0. The molecule has 3 aromatic rings. The monoisotopic (exact) mass is 416 g/mol. The van der Waals surface area contributed by atoms with Crippen molar-refractivity contribution >= 4 is 45.8 Å². The number of carbonyl (C=O) groups is 1. The van der Waals surface area contributed by atoms with E-state index in [1.54, 1.807) is 36.5 Å². The largest absolute Gasteiger partial charge is 0.385 e. The molecule has 28 heavy (non-hydrogen) atoms. The second-order valence-electron chi connectivity index (χ2n) is 7.69. The Labute approximate surface area is 171 Å². The average molecular weight is 417 g/mol. The van der Waals surface area contributed by atoms with Crippen LogP contribution < -0.4 is 10.6 Å². The van der Waals surface area contributed by atoms with Gasteiger partial charge in [-0.2, -0.15) is 5.10 Å². The number of halogens is 2. The molecule has 2 aliphatic rings. The van der Waals surface area contributed by atoms with E-state index in [1.807, 2.05) is 6.07 Å². The van der Waals surface area contributed by atoms with Crippen LogP contribution in [0.25, 0.3) is 10.9 Å². The first kappa shape index (κ1) is 17.8. The Kier molecular flexibility index (Phi) is 4.05. The molecule has 1 aromatic heterocycles. The van der Waals surface area contributed by atoms with E-state index in [2.05, 4.69) is 20.8 Å². The van der Waals surface area contributed by atoms with E-state index in [0.717, 1.165) is 16.5 Å². The SMILES string of the molecule is O=C(Nc1cccc(Cl)c1)NC1C2CC(O)(c3cc(Cl)cc4[nH]ncc34)CC21. The zero-order valence-electron chi connectivity index (χ0n) is 14.7. The number of carbonyl (C=O) groups excluding carboxylic acids is 1. The lowest BCUT2D eigenvalue weighted by molar-refractivity contribution is 0.0300. The Hall–Kier alpha value is -2.28. The quantitative estimate of drug-likeness (QED) is 0.513. The molecule has 4 N–H and O–H groups in total. The lowest BCUT2D eigenvalue weighted by atomic mass is 9.86. The predicted octanol–water partition coefficient (Wildman–Crippen LogP) is 4.29. The Balaban J connectivity index is 1.26. The van der Waals surface area contributed by atoms with Crippen LogP contribution in [0.5, 0.6) is 0 Å². The van der Waals surface area contributed by atoms with Gasteiger partial charge in [-0.3, -0.25) is 5.10 Å². The highest BCUT2D eigenvalue weighted by Gasteiger charge is 2.62. The fourth-order valence-corrected chi connectivity index (χ4v) is 4.99. The van der Waals surface area contributed by atoms with Gasteiger partial charge in [-0.1, -0.05) is 29.3 Å². The summed E-state index contributed by atoms with van der Waals surface area (Å²) in [6.07, 6.45) is 2.89. The molecule has 0 radical (unpaired) electrons. The number of rotatable bonds is 3. The third-order valence-electron chi connectivity index (χ3n) is 5.88. The molecule has 0 spiro atoms. The molecule has 1 heterocycles. The molecule has 0 bridgehead atoms. The van der Waals surface area contributed by atoms with E-state index in [4.69, 9.17) is 23.2 Å². The highest BCUT2D eigenvalue weighted by Crippen LogP contribution is 2.60. The third-order valence-corrected chi connectivity index (χ3v) is 6.34. The van der Waals surface area contributed by atoms with Gasteiger partial charge in [0.05, 0.1) is 17.3 Å². The zero-order chi connectivity index (χ0) is 19.5. The van der Waals surface area contributed by atoms with Gasteiger partial charge in [-0.15, -0.1) is 0 Å². The number of hydrogen-bond donors (Lipinski definition) is 4.